The van der Waals surface area contributed by atoms with Crippen molar-refractivity contribution in [1.82, 2.24) is 10.3 Å². The number of anilines is 1. The molecule has 0 bridgehead atoms. The van der Waals surface area contributed by atoms with E-state index in [4.69, 9.17) is 21.7 Å². The van der Waals surface area contributed by atoms with E-state index in [2.05, 4.69) is 15.6 Å². The van der Waals surface area contributed by atoms with Crippen molar-refractivity contribution in [3.63, 3.8) is 0 Å². The number of methoxy groups -OCH3 is 2. The average Bonchev–Trinajstić information content (AvgIpc) is 3.16. The van der Waals surface area contributed by atoms with E-state index >= 15 is 0 Å². The number of nitrogens with zero attached hydrogens (tertiary/aromatic N) is 1. The number of carbonyl (C=O) groups is 1. The van der Waals surface area contributed by atoms with Gasteiger partial charge >= 0.3 is 0 Å². The highest BCUT2D eigenvalue weighted by molar-refractivity contribution is 7.80. The smallest absolute Gasteiger partial charge is 0.257 e. The van der Waals surface area contributed by atoms with Gasteiger partial charge < -0.3 is 14.8 Å². The summed E-state index contributed by atoms with van der Waals surface area (Å²) in [4.78, 5) is 17.0. The summed E-state index contributed by atoms with van der Waals surface area (Å²) in [7, 11) is 3.05. The zero-order valence-corrected chi connectivity index (χ0v) is 17.2. The number of aryl methyl sites for hydroxylation is 1. The molecule has 2 aromatic carbocycles. The molecule has 0 saturated heterocycles. The molecule has 3 aromatic rings. The average molecular weight is 414 g/mol. The van der Waals surface area contributed by atoms with Gasteiger partial charge in [0, 0.05) is 22.6 Å². The molecule has 1 aromatic heterocycles. The molecule has 0 spiro atoms. The number of thiazole rings is 1. The van der Waals surface area contributed by atoms with Crippen LogP contribution in [-0.4, -0.2) is 30.2 Å². The molecule has 6 nitrogen and oxygen atoms in total. The Morgan fingerprint density at radius 2 is 1.71 bits per heavy atom. The molecule has 0 fully saturated rings. The van der Waals surface area contributed by atoms with Crippen molar-refractivity contribution >= 4 is 39.7 Å². The molecule has 144 valence electrons. The third-order valence-corrected chi connectivity index (χ3v) is 4.87. The van der Waals surface area contributed by atoms with Gasteiger partial charge in [0.2, 0.25) is 0 Å². The molecule has 8 heteroatoms. The van der Waals surface area contributed by atoms with Gasteiger partial charge in [0.05, 0.1) is 19.9 Å². The lowest BCUT2D eigenvalue weighted by atomic mass is 10.1. The van der Waals surface area contributed by atoms with Crippen LogP contribution in [0.25, 0.3) is 11.3 Å². The first-order valence-corrected chi connectivity index (χ1v) is 9.65. The van der Waals surface area contributed by atoms with E-state index < -0.39 is 0 Å². The number of ether oxygens (including phenoxy) is 2. The fraction of sp³-hybridized carbons (Fsp3) is 0.150. The number of thiocarbonyl (C=S) groups is 1. The fourth-order valence-electron chi connectivity index (χ4n) is 2.43. The number of amides is 1. The van der Waals surface area contributed by atoms with E-state index in [1.165, 1.54) is 31.1 Å². The highest BCUT2D eigenvalue weighted by atomic mass is 32.1. The van der Waals surface area contributed by atoms with Crippen LogP contribution in [0.15, 0.2) is 47.8 Å². The Morgan fingerprint density at radius 3 is 2.32 bits per heavy atom. The third-order valence-electron chi connectivity index (χ3n) is 3.91. The summed E-state index contributed by atoms with van der Waals surface area (Å²) in [6, 6.07) is 13.0. The maximum atomic E-state index is 12.5. The predicted molar refractivity (Wildman–Crippen MR) is 116 cm³/mol. The van der Waals surface area contributed by atoms with E-state index in [0.717, 1.165) is 11.3 Å². The lowest BCUT2D eigenvalue weighted by molar-refractivity contribution is 0.0977. The number of rotatable bonds is 5. The molecule has 0 aliphatic carbocycles. The Kier molecular flexibility index (Phi) is 6.23. The summed E-state index contributed by atoms with van der Waals surface area (Å²) < 4.78 is 10.4. The molecule has 2 N–H and O–H groups in total. The molecule has 3 rings (SSSR count). The molecule has 0 saturated carbocycles. The van der Waals surface area contributed by atoms with Gasteiger partial charge in [-0.1, -0.05) is 29.8 Å². The van der Waals surface area contributed by atoms with Gasteiger partial charge in [-0.3, -0.25) is 10.1 Å². The van der Waals surface area contributed by atoms with E-state index in [1.807, 2.05) is 36.6 Å². The van der Waals surface area contributed by atoms with Crippen LogP contribution in [-0.2, 0) is 0 Å². The van der Waals surface area contributed by atoms with Gasteiger partial charge in [-0.2, -0.15) is 0 Å². The largest absolute Gasteiger partial charge is 0.497 e. The molecular formula is C20H19N3O3S2. The molecule has 28 heavy (non-hydrogen) atoms. The Morgan fingerprint density at radius 1 is 1.07 bits per heavy atom. The number of benzene rings is 2. The summed E-state index contributed by atoms with van der Waals surface area (Å²) in [5.41, 5.74) is 3.43. The quantitative estimate of drug-likeness (QED) is 0.609. The number of hydrogen-bond donors (Lipinski definition) is 2. The van der Waals surface area contributed by atoms with Crippen LogP contribution in [0.2, 0.25) is 0 Å². The molecule has 0 radical (unpaired) electrons. The molecule has 0 aliphatic heterocycles. The van der Waals surface area contributed by atoms with Crippen LogP contribution in [0, 0.1) is 6.92 Å². The minimum Gasteiger partial charge on any atom is -0.497 e. The van der Waals surface area contributed by atoms with Gasteiger partial charge in [-0.15, -0.1) is 11.3 Å². The molecule has 0 unspecified atom stereocenters. The van der Waals surface area contributed by atoms with Crippen molar-refractivity contribution in [2.45, 2.75) is 6.92 Å². The maximum absolute atomic E-state index is 12.5. The van der Waals surface area contributed by atoms with Crippen molar-refractivity contribution in [2.75, 3.05) is 19.5 Å². The highest BCUT2D eigenvalue weighted by Crippen LogP contribution is 2.25. The van der Waals surface area contributed by atoms with Crippen molar-refractivity contribution in [3.8, 4) is 22.8 Å². The summed E-state index contributed by atoms with van der Waals surface area (Å²) in [5.74, 6) is 0.669. The second-order valence-corrected chi connectivity index (χ2v) is 7.18. The first kappa shape index (κ1) is 19.8. The second kappa shape index (κ2) is 8.81. The Hall–Kier alpha value is -2.97. The van der Waals surface area contributed by atoms with Gasteiger partial charge in [0.1, 0.15) is 11.5 Å². The topological polar surface area (TPSA) is 72.5 Å². The van der Waals surface area contributed by atoms with Crippen LogP contribution in [0.4, 0.5) is 5.13 Å². The Labute approximate surface area is 172 Å². The SMILES string of the molecule is COc1cc(OC)cc(C(=O)NC(=S)Nc2nc(-c3ccc(C)cc3)cs2)c1. The van der Waals surface area contributed by atoms with E-state index in [-0.39, 0.29) is 11.0 Å². The summed E-state index contributed by atoms with van der Waals surface area (Å²) in [6.07, 6.45) is 0. The lowest BCUT2D eigenvalue weighted by Gasteiger charge is -2.10. The standard InChI is InChI=1S/C20H19N3O3S2/c1-12-4-6-13(7-5-12)17-11-28-20(21-17)23-19(27)22-18(24)14-8-15(25-2)10-16(9-14)26-3/h4-11H,1-3H3,(H2,21,22,23,24,27). The Bertz CT molecular complexity index is 978. The van der Waals surface area contributed by atoms with E-state index in [0.29, 0.717) is 22.2 Å². The Balaban J connectivity index is 1.66. The number of carbonyl (C=O) groups excluding carboxylic acids is 1. The molecule has 0 atom stereocenters. The van der Waals surface area contributed by atoms with Crippen molar-refractivity contribution in [2.24, 2.45) is 0 Å². The van der Waals surface area contributed by atoms with Gasteiger partial charge in [0.15, 0.2) is 10.2 Å². The molecule has 1 amide bonds. The predicted octanol–water partition coefficient (Wildman–Crippen LogP) is 4.26. The summed E-state index contributed by atoms with van der Waals surface area (Å²) in [6.45, 7) is 2.04. The van der Waals surface area contributed by atoms with Crippen molar-refractivity contribution < 1.29 is 14.3 Å². The van der Waals surface area contributed by atoms with Crippen LogP contribution in [0.5, 0.6) is 11.5 Å². The van der Waals surface area contributed by atoms with Gasteiger partial charge in [-0.05, 0) is 31.3 Å². The molecule has 1 heterocycles. The van der Waals surface area contributed by atoms with Crippen LogP contribution < -0.4 is 20.1 Å². The minimum absolute atomic E-state index is 0.164. The number of aromatic nitrogens is 1. The zero-order chi connectivity index (χ0) is 20.1. The van der Waals surface area contributed by atoms with Crippen LogP contribution in [0.3, 0.4) is 0 Å². The lowest BCUT2D eigenvalue weighted by Crippen LogP contribution is -2.34. The first-order chi connectivity index (χ1) is 13.5. The van der Waals surface area contributed by atoms with E-state index in [1.54, 1.807) is 18.2 Å². The second-order valence-electron chi connectivity index (χ2n) is 5.91. The fourth-order valence-corrected chi connectivity index (χ4v) is 3.41. The van der Waals surface area contributed by atoms with E-state index in [9.17, 15) is 4.79 Å². The zero-order valence-electron chi connectivity index (χ0n) is 15.6. The number of hydrogen-bond acceptors (Lipinski definition) is 6. The van der Waals surface area contributed by atoms with Crippen LogP contribution >= 0.6 is 23.6 Å². The minimum atomic E-state index is -0.370. The van der Waals surface area contributed by atoms with Gasteiger partial charge in [0.25, 0.3) is 5.91 Å². The number of nitrogens with one attached hydrogen (secondary N) is 2. The van der Waals surface area contributed by atoms with Crippen molar-refractivity contribution in [3.05, 3.63) is 59.0 Å². The first-order valence-electron chi connectivity index (χ1n) is 8.36. The van der Waals surface area contributed by atoms with Gasteiger partial charge in [-0.25, -0.2) is 4.98 Å². The summed E-state index contributed by atoms with van der Waals surface area (Å²) in [5, 5.41) is 8.29. The molecular weight excluding hydrogens is 394 g/mol. The molecule has 0 aliphatic rings. The normalized spacial score (nSPS) is 10.2. The van der Waals surface area contributed by atoms with Crippen molar-refractivity contribution in [1.29, 1.82) is 0 Å². The highest BCUT2D eigenvalue weighted by Gasteiger charge is 2.13. The third kappa shape index (κ3) is 4.85. The maximum Gasteiger partial charge on any atom is 0.257 e. The monoisotopic (exact) mass is 413 g/mol. The summed E-state index contributed by atoms with van der Waals surface area (Å²) >= 11 is 6.65. The van der Waals surface area contributed by atoms with Crippen LogP contribution in [0.1, 0.15) is 15.9 Å².